The van der Waals surface area contributed by atoms with Gasteiger partial charge in [0.1, 0.15) is 12.3 Å². The van der Waals surface area contributed by atoms with Crippen LogP contribution in [-0.4, -0.2) is 30.2 Å². The highest BCUT2D eigenvalue weighted by Gasteiger charge is 2.34. The smallest absolute Gasteiger partial charge is 0.338 e. The van der Waals surface area contributed by atoms with Gasteiger partial charge in [0, 0.05) is 16.7 Å². The molecule has 7 heteroatoms. The molecule has 1 aliphatic rings. The summed E-state index contributed by atoms with van der Waals surface area (Å²) in [5, 5.41) is 0. The summed E-state index contributed by atoms with van der Waals surface area (Å²) >= 11 is 0. The predicted octanol–water partition coefficient (Wildman–Crippen LogP) is 4.74. The third-order valence-electron chi connectivity index (χ3n) is 4.86. The molecule has 0 N–H and O–H groups in total. The molecule has 1 saturated carbocycles. The number of ether oxygens (including phenoxy) is 3. The minimum atomic E-state index is -1.34. The molecule has 1 aromatic carbocycles. The molecular formula is C24H27FO6. The third kappa shape index (κ3) is 6.38. The number of halogens is 1. The molecule has 3 unspecified atom stereocenters. The predicted molar refractivity (Wildman–Crippen MR) is 114 cm³/mol. The molecule has 166 valence electrons. The first-order valence-electron chi connectivity index (χ1n) is 9.89. The lowest BCUT2D eigenvalue weighted by Gasteiger charge is -2.31. The van der Waals surface area contributed by atoms with E-state index < -0.39 is 30.2 Å². The Hall–Kier alpha value is -3.22. The van der Waals surface area contributed by atoms with Gasteiger partial charge >= 0.3 is 17.9 Å². The molecule has 0 aromatic heterocycles. The van der Waals surface area contributed by atoms with Gasteiger partial charge in [-0.1, -0.05) is 25.8 Å². The topological polar surface area (TPSA) is 78.9 Å². The van der Waals surface area contributed by atoms with E-state index in [1.54, 1.807) is 12.1 Å². The number of carbonyl (C=O) groups excluding carboxylic acids is 3. The Morgan fingerprint density at radius 3 is 1.94 bits per heavy atom. The zero-order valence-electron chi connectivity index (χ0n) is 18.0. The Labute approximate surface area is 181 Å². The number of carbonyl (C=O) groups is 3. The molecule has 1 aromatic rings. The van der Waals surface area contributed by atoms with E-state index >= 15 is 0 Å². The largest absolute Gasteiger partial charge is 0.456 e. The number of rotatable bonds is 7. The fraction of sp³-hybridized carbons (Fsp3) is 0.375. The fourth-order valence-electron chi connectivity index (χ4n) is 3.08. The lowest BCUT2D eigenvalue weighted by molar-refractivity contribution is -0.149. The standard InChI is InChI=1S/C24H27FO6/c1-13(2)22(26)29-19-9-7-16(11-18(19)25)17-8-10-20(30-23(27)14(3)4)21(12-17)31-24(28)15(5)6/h8,10,12,16,18-19H,1,3,5,7,9,11H2,2,4,6H3. The van der Waals surface area contributed by atoms with E-state index in [2.05, 4.69) is 19.7 Å². The maximum absolute atomic E-state index is 14.7. The van der Waals surface area contributed by atoms with Crippen molar-refractivity contribution in [3.63, 3.8) is 0 Å². The SMILES string of the molecule is C=C(C)C(=O)Oc1ccc(C2CCC(OC(=O)C(=C)C)C(F)C2)cc1OC(=O)C(=C)C. The minimum absolute atomic E-state index is 0.0336. The van der Waals surface area contributed by atoms with Gasteiger partial charge in [-0.05, 0) is 63.6 Å². The molecule has 0 amide bonds. The normalized spacial score (nSPS) is 20.3. The van der Waals surface area contributed by atoms with Crippen molar-refractivity contribution in [1.82, 2.24) is 0 Å². The Bertz CT molecular complexity index is 932. The maximum atomic E-state index is 14.7. The van der Waals surface area contributed by atoms with Crippen LogP contribution in [-0.2, 0) is 19.1 Å². The molecule has 0 bridgehead atoms. The van der Waals surface area contributed by atoms with Crippen LogP contribution in [0, 0.1) is 0 Å². The summed E-state index contributed by atoms with van der Waals surface area (Å²) in [6.45, 7) is 15.1. The van der Waals surface area contributed by atoms with Crippen molar-refractivity contribution in [2.45, 2.75) is 58.2 Å². The van der Waals surface area contributed by atoms with Gasteiger partial charge in [0.2, 0.25) is 0 Å². The van der Waals surface area contributed by atoms with Gasteiger partial charge in [0.05, 0.1) is 0 Å². The third-order valence-corrected chi connectivity index (χ3v) is 4.86. The molecule has 3 atom stereocenters. The summed E-state index contributed by atoms with van der Waals surface area (Å²) in [5.41, 5.74) is 1.29. The summed E-state index contributed by atoms with van der Waals surface area (Å²) in [6.07, 6.45) is -1.13. The van der Waals surface area contributed by atoms with Crippen LogP contribution >= 0.6 is 0 Å². The monoisotopic (exact) mass is 430 g/mol. The molecule has 6 nitrogen and oxygen atoms in total. The molecule has 0 heterocycles. The highest BCUT2D eigenvalue weighted by molar-refractivity contribution is 5.91. The van der Waals surface area contributed by atoms with Crippen molar-refractivity contribution in [2.24, 2.45) is 0 Å². The van der Waals surface area contributed by atoms with Crippen LogP contribution < -0.4 is 9.47 Å². The molecule has 0 saturated heterocycles. The number of alkyl halides is 1. The van der Waals surface area contributed by atoms with Crippen LogP contribution in [0.25, 0.3) is 0 Å². The molecule has 0 aliphatic heterocycles. The van der Waals surface area contributed by atoms with Gasteiger partial charge in [-0.3, -0.25) is 0 Å². The molecule has 1 fully saturated rings. The Balaban J connectivity index is 2.23. The Morgan fingerprint density at radius 2 is 1.42 bits per heavy atom. The van der Waals surface area contributed by atoms with E-state index in [9.17, 15) is 18.8 Å². The molecule has 31 heavy (non-hydrogen) atoms. The maximum Gasteiger partial charge on any atom is 0.338 e. The average Bonchev–Trinajstić information content (AvgIpc) is 2.70. The first-order valence-corrected chi connectivity index (χ1v) is 9.89. The van der Waals surface area contributed by atoms with Crippen LogP contribution in [0.1, 0.15) is 51.5 Å². The zero-order valence-corrected chi connectivity index (χ0v) is 18.0. The Kier molecular flexibility index (Phi) is 7.91. The molecular weight excluding hydrogens is 403 g/mol. The van der Waals surface area contributed by atoms with Crippen molar-refractivity contribution in [3.8, 4) is 11.5 Å². The van der Waals surface area contributed by atoms with Gasteiger partial charge in [0.25, 0.3) is 0 Å². The highest BCUT2D eigenvalue weighted by atomic mass is 19.1. The van der Waals surface area contributed by atoms with Crippen LogP contribution in [0.4, 0.5) is 4.39 Å². The first kappa shape index (κ1) is 24.1. The molecule has 0 spiro atoms. The number of esters is 3. The molecule has 0 radical (unpaired) electrons. The van der Waals surface area contributed by atoms with Crippen molar-refractivity contribution >= 4 is 17.9 Å². The van der Waals surface area contributed by atoms with Crippen LogP contribution in [0.2, 0.25) is 0 Å². The molecule has 2 rings (SSSR count). The van der Waals surface area contributed by atoms with Crippen LogP contribution in [0.15, 0.2) is 54.7 Å². The summed E-state index contributed by atoms with van der Waals surface area (Å²) in [6, 6.07) is 4.74. The van der Waals surface area contributed by atoms with E-state index in [0.717, 1.165) is 0 Å². The quantitative estimate of drug-likeness (QED) is 0.353. The molecule has 1 aliphatic carbocycles. The Morgan fingerprint density at radius 1 is 0.871 bits per heavy atom. The number of hydrogen-bond acceptors (Lipinski definition) is 6. The van der Waals surface area contributed by atoms with E-state index in [-0.39, 0.29) is 40.6 Å². The van der Waals surface area contributed by atoms with E-state index in [1.807, 2.05) is 0 Å². The summed E-state index contributed by atoms with van der Waals surface area (Å²) in [4.78, 5) is 35.6. The van der Waals surface area contributed by atoms with Gasteiger partial charge < -0.3 is 14.2 Å². The number of hydrogen-bond donors (Lipinski definition) is 0. The lowest BCUT2D eigenvalue weighted by atomic mass is 9.81. The fourth-order valence-corrected chi connectivity index (χ4v) is 3.08. The lowest BCUT2D eigenvalue weighted by Crippen LogP contribution is -2.34. The second-order valence-corrected chi connectivity index (χ2v) is 7.80. The summed E-state index contributed by atoms with van der Waals surface area (Å²) < 4.78 is 30.4. The van der Waals surface area contributed by atoms with Crippen LogP contribution in [0.5, 0.6) is 11.5 Å². The van der Waals surface area contributed by atoms with E-state index in [0.29, 0.717) is 18.4 Å². The van der Waals surface area contributed by atoms with Gasteiger partial charge in [0.15, 0.2) is 11.5 Å². The first-order chi connectivity index (χ1) is 14.5. The van der Waals surface area contributed by atoms with Crippen LogP contribution in [0.3, 0.4) is 0 Å². The van der Waals surface area contributed by atoms with Gasteiger partial charge in [-0.2, -0.15) is 0 Å². The number of benzene rings is 1. The minimum Gasteiger partial charge on any atom is -0.456 e. The van der Waals surface area contributed by atoms with Gasteiger partial charge in [-0.15, -0.1) is 0 Å². The summed E-state index contributed by atoms with van der Waals surface area (Å²) in [7, 11) is 0. The second-order valence-electron chi connectivity index (χ2n) is 7.80. The van der Waals surface area contributed by atoms with Crippen molar-refractivity contribution in [1.29, 1.82) is 0 Å². The van der Waals surface area contributed by atoms with E-state index in [1.165, 1.54) is 26.8 Å². The average molecular weight is 430 g/mol. The van der Waals surface area contributed by atoms with Crippen molar-refractivity contribution in [3.05, 3.63) is 60.2 Å². The van der Waals surface area contributed by atoms with Crippen molar-refractivity contribution in [2.75, 3.05) is 0 Å². The van der Waals surface area contributed by atoms with E-state index in [4.69, 9.17) is 14.2 Å². The van der Waals surface area contributed by atoms with Gasteiger partial charge in [-0.25, -0.2) is 18.8 Å². The zero-order chi connectivity index (χ0) is 23.3. The second kappa shape index (κ2) is 10.2. The highest BCUT2D eigenvalue weighted by Crippen LogP contribution is 2.39. The summed E-state index contributed by atoms with van der Waals surface area (Å²) in [5.74, 6) is -2.06. The van der Waals surface area contributed by atoms with Crippen molar-refractivity contribution < 1.29 is 33.0 Å².